The highest BCUT2D eigenvalue weighted by Gasteiger charge is 2.08. The first kappa shape index (κ1) is 14.4. The zero-order chi connectivity index (χ0) is 14.4. The third kappa shape index (κ3) is 3.09. The number of fused-ring (bicyclic) bond motifs is 1. The summed E-state index contributed by atoms with van der Waals surface area (Å²) < 4.78 is 12.5. The van der Waals surface area contributed by atoms with Gasteiger partial charge in [-0.05, 0) is 12.1 Å². The number of oxime groups is 1. The molecular formula is C14H19N3O3. The van der Waals surface area contributed by atoms with Gasteiger partial charge in [-0.1, -0.05) is 17.3 Å². The van der Waals surface area contributed by atoms with E-state index in [1.807, 2.05) is 30.5 Å². The molecule has 6 nitrogen and oxygen atoms in total. The standard InChI is InChI=1S/C14H19N3O3/c1-19-9-10-20-8-7-17-6-5-11-12(14(15)16-18)3-2-4-13(11)17/h2-6,18H,7-10H2,1H3,(H2,15,16). The maximum atomic E-state index is 8.80. The maximum absolute atomic E-state index is 8.80. The van der Waals surface area contributed by atoms with E-state index in [4.69, 9.17) is 20.4 Å². The second-order valence-electron chi connectivity index (χ2n) is 4.34. The molecule has 0 fully saturated rings. The summed E-state index contributed by atoms with van der Waals surface area (Å²) in [5.74, 6) is 0.115. The number of hydrogen-bond acceptors (Lipinski definition) is 4. The number of aromatic nitrogens is 1. The zero-order valence-electron chi connectivity index (χ0n) is 11.5. The van der Waals surface area contributed by atoms with E-state index in [9.17, 15) is 0 Å². The first-order valence-electron chi connectivity index (χ1n) is 6.40. The molecule has 0 saturated carbocycles. The van der Waals surface area contributed by atoms with Crippen molar-refractivity contribution >= 4 is 16.7 Å². The summed E-state index contributed by atoms with van der Waals surface area (Å²) in [6.07, 6.45) is 1.97. The lowest BCUT2D eigenvalue weighted by Gasteiger charge is -2.07. The Balaban J connectivity index is 2.12. The van der Waals surface area contributed by atoms with E-state index in [1.165, 1.54) is 0 Å². The van der Waals surface area contributed by atoms with Crippen molar-refractivity contribution in [2.75, 3.05) is 26.9 Å². The van der Waals surface area contributed by atoms with Crippen LogP contribution in [0, 0.1) is 0 Å². The van der Waals surface area contributed by atoms with Gasteiger partial charge in [-0.3, -0.25) is 0 Å². The van der Waals surface area contributed by atoms with Crippen molar-refractivity contribution in [2.45, 2.75) is 6.54 Å². The average molecular weight is 277 g/mol. The molecule has 0 bridgehead atoms. The van der Waals surface area contributed by atoms with Crippen LogP contribution in [0.25, 0.3) is 10.9 Å². The van der Waals surface area contributed by atoms with E-state index in [2.05, 4.69) is 9.72 Å². The Morgan fingerprint density at radius 1 is 1.30 bits per heavy atom. The van der Waals surface area contributed by atoms with Crippen molar-refractivity contribution in [3.05, 3.63) is 36.0 Å². The highest BCUT2D eigenvalue weighted by Crippen LogP contribution is 2.20. The number of hydrogen-bond donors (Lipinski definition) is 2. The Morgan fingerprint density at radius 3 is 2.90 bits per heavy atom. The fraction of sp³-hybridized carbons (Fsp3) is 0.357. The molecule has 1 aromatic heterocycles. The molecule has 6 heteroatoms. The van der Waals surface area contributed by atoms with E-state index in [1.54, 1.807) is 7.11 Å². The molecule has 0 aliphatic heterocycles. The SMILES string of the molecule is COCCOCCn1ccc2c(/C(N)=N/O)cccc21. The summed E-state index contributed by atoms with van der Waals surface area (Å²) in [6.45, 7) is 2.54. The molecule has 0 atom stereocenters. The molecule has 1 aromatic carbocycles. The molecule has 1 heterocycles. The van der Waals surface area contributed by atoms with E-state index >= 15 is 0 Å². The van der Waals surface area contributed by atoms with E-state index in [-0.39, 0.29) is 5.84 Å². The third-order valence-corrected chi connectivity index (χ3v) is 3.11. The van der Waals surface area contributed by atoms with Gasteiger partial charge in [-0.2, -0.15) is 0 Å². The van der Waals surface area contributed by atoms with E-state index < -0.39 is 0 Å². The maximum Gasteiger partial charge on any atom is 0.170 e. The van der Waals surface area contributed by atoms with Crippen molar-refractivity contribution < 1.29 is 14.7 Å². The van der Waals surface area contributed by atoms with Gasteiger partial charge in [-0.15, -0.1) is 0 Å². The van der Waals surface area contributed by atoms with Crippen LogP contribution in [0.3, 0.4) is 0 Å². The van der Waals surface area contributed by atoms with Gasteiger partial charge in [0.2, 0.25) is 0 Å². The van der Waals surface area contributed by atoms with Crippen LogP contribution in [0.5, 0.6) is 0 Å². The van der Waals surface area contributed by atoms with Crippen LogP contribution in [0.15, 0.2) is 35.6 Å². The lowest BCUT2D eigenvalue weighted by molar-refractivity contribution is 0.0670. The summed E-state index contributed by atoms with van der Waals surface area (Å²) in [6, 6.07) is 7.67. The lowest BCUT2D eigenvalue weighted by Crippen LogP contribution is -2.13. The van der Waals surface area contributed by atoms with E-state index in [0.29, 0.717) is 19.8 Å². The molecule has 108 valence electrons. The lowest BCUT2D eigenvalue weighted by atomic mass is 10.1. The smallest absolute Gasteiger partial charge is 0.170 e. The highest BCUT2D eigenvalue weighted by molar-refractivity contribution is 6.08. The van der Waals surface area contributed by atoms with Gasteiger partial charge in [0.05, 0.1) is 19.8 Å². The number of ether oxygens (including phenoxy) is 2. The molecule has 0 radical (unpaired) electrons. The second kappa shape index (κ2) is 6.93. The number of benzene rings is 1. The Bertz CT molecular complexity index is 592. The van der Waals surface area contributed by atoms with Gasteiger partial charge < -0.3 is 25.0 Å². The van der Waals surface area contributed by atoms with Crippen LogP contribution >= 0.6 is 0 Å². The number of nitrogens with two attached hydrogens (primary N) is 1. The Hall–Kier alpha value is -2.05. The molecule has 0 amide bonds. The topological polar surface area (TPSA) is 82.0 Å². The van der Waals surface area contributed by atoms with Gasteiger partial charge in [0.15, 0.2) is 5.84 Å². The van der Waals surface area contributed by atoms with Crippen LogP contribution < -0.4 is 5.73 Å². The molecule has 20 heavy (non-hydrogen) atoms. The van der Waals surface area contributed by atoms with Crippen LogP contribution in [0.4, 0.5) is 0 Å². The minimum Gasteiger partial charge on any atom is -0.409 e. The van der Waals surface area contributed by atoms with Gasteiger partial charge in [0.25, 0.3) is 0 Å². The van der Waals surface area contributed by atoms with Crippen molar-refractivity contribution in [1.82, 2.24) is 4.57 Å². The normalized spacial score (nSPS) is 12.2. The summed E-state index contributed by atoms with van der Waals surface area (Å²) >= 11 is 0. The molecule has 0 saturated heterocycles. The molecule has 0 aliphatic rings. The fourth-order valence-electron chi connectivity index (χ4n) is 2.10. The largest absolute Gasteiger partial charge is 0.409 e. The average Bonchev–Trinajstić information content (AvgIpc) is 2.89. The quantitative estimate of drug-likeness (QED) is 0.263. The first-order valence-corrected chi connectivity index (χ1v) is 6.40. The first-order chi connectivity index (χ1) is 9.77. The summed E-state index contributed by atoms with van der Waals surface area (Å²) in [4.78, 5) is 0. The number of methoxy groups -OCH3 is 1. The van der Waals surface area contributed by atoms with Crippen molar-refractivity contribution in [3.63, 3.8) is 0 Å². The van der Waals surface area contributed by atoms with Crippen molar-refractivity contribution in [3.8, 4) is 0 Å². The summed E-state index contributed by atoms with van der Waals surface area (Å²) in [7, 11) is 1.65. The predicted octanol–water partition coefficient (Wildman–Crippen LogP) is 1.40. The molecule has 0 unspecified atom stereocenters. The van der Waals surface area contributed by atoms with Crippen LogP contribution in [-0.2, 0) is 16.0 Å². The fourth-order valence-corrected chi connectivity index (χ4v) is 2.10. The molecular weight excluding hydrogens is 258 g/mol. The summed E-state index contributed by atoms with van der Waals surface area (Å²) in [5, 5.41) is 12.8. The van der Waals surface area contributed by atoms with Crippen LogP contribution in [-0.4, -0.2) is 42.5 Å². The second-order valence-corrected chi connectivity index (χ2v) is 4.34. The molecule has 0 aliphatic carbocycles. The predicted molar refractivity (Wildman–Crippen MR) is 77.1 cm³/mol. The minimum absolute atomic E-state index is 0.115. The van der Waals surface area contributed by atoms with Crippen molar-refractivity contribution in [1.29, 1.82) is 0 Å². The number of rotatable bonds is 7. The van der Waals surface area contributed by atoms with Gasteiger partial charge in [0, 0.05) is 36.3 Å². The summed E-state index contributed by atoms with van der Waals surface area (Å²) in [5.41, 5.74) is 7.43. The zero-order valence-corrected chi connectivity index (χ0v) is 11.5. The monoisotopic (exact) mass is 277 g/mol. The molecule has 2 rings (SSSR count). The Morgan fingerprint density at radius 2 is 2.15 bits per heavy atom. The number of nitrogens with zero attached hydrogens (tertiary/aromatic N) is 2. The van der Waals surface area contributed by atoms with Crippen LogP contribution in [0.1, 0.15) is 5.56 Å². The Kier molecular flexibility index (Phi) is 4.97. The highest BCUT2D eigenvalue weighted by atomic mass is 16.5. The third-order valence-electron chi connectivity index (χ3n) is 3.11. The van der Waals surface area contributed by atoms with Gasteiger partial charge in [0.1, 0.15) is 0 Å². The minimum atomic E-state index is 0.115. The molecule has 2 aromatic rings. The van der Waals surface area contributed by atoms with E-state index in [0.717, 1.165) is 23.0 Å². The molecule has 3 N–H and O–H groups in total. The van der Waals surface area contributed by atoms with Gasteiger partial charge in [-0.25, -0.2) is 0 Å². The van der Waals surface area contributed by atoms with Crippen LogP contribution in [0.2, 0.25) is 0 Å². The van der Waals surface area contributed by atoms with Gasteiger partial charge >= 0.3 is 0 Å². The Labute approximate surface area is 117 Å². The molecule has 0 spiro atoms. The van der Waals surface area contributed by atoms with Crippen molar-refractivity contribution in [2.24, 2.45) is 10.9 Å². The number of amidine groups is 1.